The molecule has 0 radical (unpaired) electrons. The van der Waals surface area contributed by atoms with E-state index in [1.54, 1.807) is 12.1 Å². The van der Waals surface area contributed by atoms with Crippen LogP contribution in [0.1, 0.15) is 22.7 Å². The Morgan fingerprint density at radius 1 is 1.00 bits per heavy atom. The van der Waals surface area contributed by atoms with E-state index in [-0.39, 0.29) is 36.6 Å². The van der Waals surface area contributed by atoms with Gasteiger partial charge in [0, 0.05) is 31.2 Å². The molecule has 1 atom stereocenters. The average molecular weight is 458 g/mol. The van der Waals surface area contributed by atoms with Gasteiger partial charge < -0.3 is 10.1 Å². The molecule has 156 valence electrons. The van der Waals surface area contributed by atoms with Gasteiger partial charge in [-0.1, -0.05) is 35.9 Å². The SMILES string of the molecule is Cc1ccc([C@H](c2ccc(OC(F)(F)F)cc2)N2CCNCC2)cc1Cl.Cl.Cl. The van der Waals surface area contributed by atoms with Gasteiger partial charge >= 0.3 is 6.36 Å². The highest BCUT2D eigenvalue weighted by Gasteiger charge is 2.31. The summed E-state index contributed by atoms with van der Waals surface area (Å²) in [7, 11) is 0. The summed E-state index contributed by atoms with van der Waals surface area (Å²) in [6.45, 7) is 5.36. The summed E-state index contributed by atoms with van der Waals surface area (Å²) in [5.74, 6) is -0.220. The molecule has 0 amide bonds. The van der Waals surface area contributed by atoms with Gasteiger partial charge in [-0.25, -0.2) is 0 Å². The number of nitrogens with one attached hydrogen (secondary N) is 1. The lowest BCUT2D eigenvalue weighted by Gasteiger charge is -2.35. The second-order valence-corrected chi connectivity index (χ2v) is 6.72. The molecule has 3 nitrogen and oxygen atoms in total. The second kappa shape index (κ2) is 10.6. The van der Waals surface area contributed by atoms with Crippen LogP contribution in [0.3, 0.4) is 0 Å². The second-order valence-electron chi connectivity index (χ2n) is 6.31. The molecule has 28 heavy (non-hydrogen) atoms. The Kier molecular flexibility index (Phi) is 9.37. The van der Waals surface area contributed by atoms with Crippen LogP contribution in [0.15, 0.2) is 42.5 Å². The first-order chi connectivity index (χ1) is 12.3. The molecule has 2 aromatic carbocycles. The molecule has 0 spiro atoms. The van der Waals surface area contributed by atoms with Crippen molar-refractivity contribution in [3.05, 3.63) is 64.2 Å². The number of benzene rings is 2. The molecule has 0 bridgehead atoms. The number of halogens is 6. The van der Waals surface area contributed by atoms with Gasteiger partial charge in [-0.15, -0.1) is 38.0 Å². The summed E-state index contributed by atoms with van der Waals surface area (Å²) in [6, 6.07) is 11.9. The first-order valence-electron chi connectivity index (χ1n) is 8.40. The molecule has 0 saturated carbocycles. The van der Waals surface area contributed by atoms with Crippen LogP contribution in [0.4, 0.5) is 13.2 Å². The molecule has 1 heterocycles. The highest BCUT2D eigenvalue weighted by atomic mass is 35.5. The Labute approximate surface area is 180 Å². The fraction of sp³-hybridized carbons (Fsp3) is 0.368. The quantitative estimate of drug-likeness (QED) is 0.667. The Balaban J connectivity index is 0.00000196. The average Bonchev–Trinajstić information content (AvgIpc) is 2.59. The van der Waals surface area contributed by atoms with Gasteiger partial charge in [0.25, 0.3) is 0 Å². The van der Waals surface area contributed by atoms with Crippen LogP contribution in [0.2, 0.25) is 5.02 Å². The highest BCUT2D eigenvalue weighted by Crippen LogP contribution is 2.33. The Hall–Kier alpha value is -1.18. The number of alkyl halides is 3. The smallest absolute Gasteiger partial charge is 0.406 e. The summed E-state index contributed by atoms with van der Waals surface area (Å²) in [5, 5.41) is 4.00. The molecule has 1 aliphatic rings. The van der Waals surface area contributed by atoms with Crippen LogP contribution in [0.25, 0.3) is 0 Å². The molecular formula is C19H22Cl3F3N2O. The van der Waals surface area contributed by atoms with Crippen molar-refractivity contribution in [2.75, 3.05) is 26.2 Å². The minimum absolute atomic E-state index is 0. The van der Waals surface area contributed by atoms with Crippen LogP contribution < -0.4 is 10.1 Å². The minimum Gasteiger partial charge on any atom is -0.406 e. The predicted molar refractivity (Wildman–Crippen MR) is 110 cm³/mol. The molecule has 9 heteroatoms. The summed E-state index contributed by atoms with van der Waals surface area (Å²) in [5.41, 5.74) is 2.91. The topological polar surface area (TPSA) is 24.5 Å². The summed E-state index contributed by atoms with van der Waals surface area (Å²) in [4.78, 5) is 2.30. The summed E-state index contributed by atoms with van der Waals surface area (Å²) in [6.07, 6.45) is -4.69. The van der Waals surface area contributed by atoms with E-state index in [2.05, 4.69) is 15.0 Å². The Morgan fingerprint density at radius 2 is 1.57 bits per heavy atom. The maximum atomic E-state index is 12.4. The predicted octanol–water partition coefficient (Wildman–Crippen LogP) is 5.39. The Morgan fingerprint density at radius 3 is 2.11 bits per heavy atom. The van der Waals surface area contributed by atoms with Gasteiger partial charge in [0.1, 0.15) is 5.75 Å². The molecule has 0 aliphatic carbocycles. The zero-order chi connectivity index (χ0) is 18.7. The molecule has 0 unspecified atom stereocenters. The van der Waals surface area contributed by atoms with Crippen molar-refractivity contribution >= 4 is 36.4 Å². The third-order valence-corrected chi connectivity index (χ3v) is 4.86. The molecule has 1 N–H and O–H groups in total. The van der Waals surface area contributed by atoms with Crippen LogP contribution in [-0.4, -0.2) is 37.4 Å². The number of hydrogen-bond acceptors (Lipinski definition) is 3. The molecule has 1 aliphatic heterocycles. The molecule has 0 aromatic heterocycles. The highest BCUT2D eigenvalue weighted by molar-refractivity contribution is 6.31. The van der Waals surface area contributed by atoms with Gasteiger partial charge in [0.15, 0.2) is 0 Å². The lowest BCUT2D eigenvalue weighted by Crippen LogP contribution is -2.45. The molecule has 2 aromatic rings. The van der Waals surface area contributed by atoms with Crippen molar-refractivity contribution in [2.24, 2.45) is 0 Å². The number of rotatable bonds is 4. The van der Waals surface area contributed by atoms with Crippen LogP contribution in [-0.2, 0) is 0 Å². The van der Waals surface area contributed by atoms with Crippen molar-refractivity contribution < 1.29 is 17.9 Å². The molecule has 1 fully saturated rings. The maximum Gasteiger partial charge on any atom is 0.573 e. The van der Waals surface area contributed by atoms with Gasteiger partial charge in [0.05, 0.1) is 6.04 Å². The number of ether oxygens (including phenoxy) is 1. The van der Waals surface area contributed by atoms with E-state index in [1.165, 1.54) is 12.1 Å². The van der Waals surface area contributed by atoms with Crippen molar-refractivity contribution in [1.82, 2.24) is 10.2 Å². The van der Waals surface area contributed by atoms with Crippen molar-refractivity contribution in [3.63, 3.8) is 0 Å². The number of piperazine rings is 1. The normalized spacial score (nSPS) is 15.9. The van der Waals surface area contributed by atoms with Crippen LogP contribution >= 0.6 is 36.4 Å². The van der Waals surface area contributed by atoms with E-state index >= 15 is 0 Å². The lowest BCUT2D eigenvalue weighted by molar-refractivity contribution is -0.274. The van der Waals surface area contributed by atoms with Crippen LogP contribution in [0.5, 0.6) is 5.75 Å². The van der Waals surface area contributed by atoms with E-state index in [0.29, 0.717) is 5.02 Å². The zero-order valence-corrected chi connectivity index (χ0v) is 17.5. The van der Waals surface area contributed by atoms with E-state index in [9.17, 15) is 13.2 Å². The zero-order valence-electron chi connectivity index (χ0n) is 15.1. The van der Waals surface area contributed by atoms with Gasteiger partial charge in [-0.05, 0) is 41.8 Å². The summed E-state index contributed by atoms with van der Waals surface area (Å²) < 4.78 is 41.1. The maximum absolute atomic E-state index is 12.4. The number of aryl methyl sites for hydroxylation is 1. The van der Waals surface area contributed by atoms with E-state index < -0.39 is 6.36 Å². The lowest BCUT2D eigenvalue weighted by atomic mass is 9.95. The van der Waals surface area contributed by atoms with Gasteiger partial charge in [0.2, 0.25) is 0 Å². The minimum atomic E-state index is -4.69. The van der Waals surface area contributed by atoms with E-state index in [1.807, 2.05) is 25.1 Å². The molecule has 3 rings (SSSR count). The fourth-order valence-electron chi connectivity index (χ4n) is 3.19. The molecular weight excluding hydrogens is 436 g/mol. The monoisotopic (exact) mass is 456 g/mol. The largest absolute Gasteiger partial charge is 0.573 e. The van der Waals surface area contributed by atoms with Crippen molar-refractivity contribution in [3.8, 4) is 5.75 Å². The third kappa shape index (κ3) is 6.42. The van der Waals surface area contributed by atoms with E-state index in [0.717, 1.165) is 42.9 Å². The number of hydrogen-bond donors (Lipinski definition) is 1. The van der Waals surface area contributed by atoms with E-state index in [4.69, 9.17) is 11.6 Å². The first-order valence-corrected chi connectivity index (χ1v) is 8.78. The standard InChI is InChI=1S/C19H20ClF3N2O.2ClH/c1-13-2-3-15(12-17(13)20)18(25-10-8-24-9-11-25)14-4-6-16(7-5-14)26-19(21,22)23;;/h2-7,12,18,24H,8-11H2,1H3;2*1H/t18-;;/m0../s1. The van der Waals surface area contributed by atoms with Gasteiger partial charge in [-0.3, -0.25) is 4.90 Å². The van der Waals surface area contributed by atoms with Crippen molar-refractivity contribution in [1.29, 1.82) is 0 Å². The number of nitrogens with zero attached hydrogens (tertiary/aromatic N) is 1. The van der Waals surface area contributed by atoms with Crippen LogP contribution in [0, 0.1) is 6.92 Å². The summed E-state index contributed by atoms with van der Waals surface area (Å²) >= 11 is 6.31. The molecule has 1 saturated heterocycles. The first kappa shape index (κ1) is 24.9. The van der Waals surface area contributed by atoms with Gasteiger partial charge in [-0.2, -0.15) is 0 Å². The third-order valence-electron chi connectivity index (χ3n) is 4.46. The van der Waals surface area contributed by atoms with Crippen molar-refractivity contribution in [2.45, 2.75) is 19.3 Å². The Bertz CT molecular complexity index is 751. The fourth-order valence-corrected chi connectivity index (χ4v) is 3.37.